The van der Waals surface area contributed by atoms with Crippen LogP contribution in [0.2, 0.25) is 0 Å². The third-order valence-electron chi connectivity index (χ3n) is 2.67. The lowest BCUT2D eigenvalue weighted by Crippen LogP contribution is -2.30. The molecule has 0 saturated carbocycles. The average Bonchev–Trinajstić information content (AvgIpc) is 2.63. The topological polar surface area (TPSA) is 40.5 Å². The molecule has 1 fully saturated rings. The van der Waals surface area contributed by atoms with Gasteiger partial charge in [0.05, 0.1) is 12.4 Å². The fourth-order valence-electron chi connectivity index (χ4n) is 1.81. The normalized spacial score (nSPS) is 20.5. The summed E-state index contributed by atoms with van der Waals surface area (Å²) in [5, 5.41) is 9.02. The number of carbonyl (C=O) groups excluding carboxylic acids is 1. The van der Waals surface area contributed by atoms with E-state index in [0.29, 0.717) is 12.3 Å². The number of nitrogens with zero attached hydrogens (tertiary/aromatic N) is 1. The maximum absolute atomic E-state index is 11.6. The summed E-state index contributed by atoms with van der Waals surface area (Å²) in [4.78, 5) is 13.4. The third-order valence-corrected chi connectivity index (χ3v) is 3.93. The van der Waals surface area contributed by atoms with Gasteiger partial charge in [-0.25, -0.2) is 0 Å². The predicted molar refractivity (Wildman–Crippen MR) is 65.2 cm³/mol. The number of carbonyl (C=O) groups is 1. The minimum Gasteiger partial charge on any atom is -0.395 e. The van der Waals surface area contributed by atoms with Crippen LogP contribution in [0.25, 0.3) is 0 Å². The maximum atomic E-state index is 11.6. The Morgan fingerprint density at radius 1 is 1.44 bits per heavy atom. The molecule has 3 nitrogen and oxygen atoms in total. The summed E-state index contributed by atoms with van der Waals surface area (Å²) in [5.74, 6) is 0.628. The van der Waals surface area contributed by atoms with Gasteiger partial charge in [-0.05, 0) is 12.5 Å². The number of β-amino-alcohol motifs (C(OH)–C–C–N with tert-alkyl or cyclic N) is 1. The second kappa shape index (κ2) is 4.89. The Morgan fingerprint density at radius 2 is 2.12 bits per heavy atom. The van der Waals surface area contributed by atoms with Crippen LogP contribution < -0.4 is 0 Å². The minimum absolute atomic E-state index is 0.0225. The summed E-state index contributed by atoms with van der Waals surface area (Å²) in [6.07, 6.45) is 0. The number of aliphatic hydroxyl groups is 1. The number of benzene rings is 1. The molecule has 1 amide bonds. The fraction of sp³-hybridized carbons (Fsp3) is 0.417. The molecule has 0 spiro atoms. The van der Waals surface area contributed by atoms with Gasteiger partial charge in [0, 0.05) is 6.54 Å². The summed E-state index contributed by atoms with van der Waals surface area (Å²) in [6.45, 7) is 2.49. The van der Waals surface area contributed by atoms with Gasteiger partial charge in [0.1, 0.15) is 5.37 Å². The number of amides is 1. The lowest BCUT2D eigenvalue weighted by Gasteiger charge is -2.23. The van der Waals surface area contributed by atoms with Gasteiger partial charge >= 0.3 is 0 Å². The molecule has 1 aromatic rings. The molecular weight excluding hydrogens is 222 g/mol. The van der Waals surface area contributed by atoms with Crippen LogP contribution >= 0.6 is 11.8 Å². The van der Waals surface area contributed by atoms with Crippen LogP contribution in [-0.2, 0) is 4.79 Å². The molecule has 1 atom stereocenters. The quantitative estimate of drug-likeness (QED) is 0.867. The van der Waals surface area contributed by atoms with Crippen molar-refractivity contribution in [3.8, 4) is 0 Å². The fourth-order valence-corrected chi connectivity index (χ4v) is 3.03. The van der Waals surface area contributed by atoms with Crippen LogP contribution in [0.3, 0.4) is 0 Å². The van der Waals surface area contributed by atoms with Gasteiger partial charge in [0.2, 0.25) is 5.91 Å². The van der Waals surface area contributed by atoms with E-state index in [0.717, 1.165) is 5.56 Å². The van der Waals surface area contributed by atoms with E-state index >= 15 is 0 Å². The van der Waals surface area contributed by atoms with E-state index in [2.05, 4.69) is 24.3 Å². The molecule has 0 aromatic heterocycles. The zero-order valence-corrected chi connectivity index (χ0v) is 10.0. The molecule has 1 aliphatic rings. The van der Waals surface area contributed by atoms with E-state index in [1.54, 1.807) is 16.7 Å². The average molecular weight is 237 g/mol. The molecule has 0 bridgehead atoms. The van der Waals surface area contributed by atoms with E-state index < -0.39 is 0 Å². The maximum Gasteiger partial charge on any atom is 0.233 e. The van der Waals surface area contributed by atoms with Crippen molar-refractivity contribution in [1.29, 1.82) is 0 Å². The number of aryl methyl sites for hydroxylation is 1. The molecule has 1 aliphatic heterocycles. The predicted octanol–water partition coefficient (Wildman–Crippen LogP) is 1.56. The summed E-state index contributed by atoms with van der Waals surface area (Å²) in [7, 11) is 0. The van der Waals surface area contributed by atoms with Crippen molar-refractivity contribution in [2.24, 2.45) is 0 Å². The first-order valence-corrected chi connectivity index (χ1v) is 6.36. The molecule has 0 aliphatic carbocycles. The molecule has 86 valence electrons. The van der Waals surface area contributed by atoms with Crippen molar-refractivity contribution < 1.29 is 9.90 Å². The molecule has 2 rings (SSSR count). The zero-order chi connectivity index (χ0) is 11.5. The van der Waals surface area contributed by atoms with Gasteiger partial charge in [0.25, 0.3) is 0 Å². The second-order valence-corrected chi connectivity index (χ2v) is 4.95. The molecule has 16 heavy (non-hydrogen) atoms. The highest BCUT2D eigenvalue weighted by Crippen LogP contribution is 2.38. The molecule has 4 heteroatoms. The molecule has 0 radical (unpaired) electrons. The molecule has 1 aromatic carbocycles. The van der Waals surface area contributed by atoms with Gasteiger partial charge in [-0.1, -0.05) is 29.8 Å². The smallest absolute Gasteiger partial charge is 0.233 e. The van der Waals surface area contributed by atoms with E-state index in [1.165, 1.54) is 5.56 Å². The number of thioether (sulfide) groups is 1. The van der Waals surface area contributed by atoms with Gasteiger partial charge in [-0.3, -0.25) is 4.79 Å². The van der Waals surface area contributed by atoms with Crippen molar-refractivity contribution >= 4 is 17.7 Å². The summed E-state index contributed by atoms with van der Waals surface area (Å²) < 4.78 is 0. The Hall–Kier alpha value is -1.00. The molecule has 0 unspecified atom stereocenters. The Morgan fingerprint density at radius 3 is 2.75 bits per heavy atom. The van der Waals surface area contributed by atoms with Gasteiger partial charge in [-0.15, -0.1) is 11.8 Å². The van der Waals surface area contributed by atoms with E-state index in [-0.39, 0.29) is 17.9 Å². The summed E-state index contributed by atoms with van der Waals surface area (Å²) >= 11 is 1.62. The molecule has 1 heterocycles. The second-order valence-electron chi connectivity index (χ2n) is 3.88. The Labute approximate surface area is 99.5 Å². The highest BCUT2D eigenvalue weighted by molar-refractivity contribution is 8.00. The van der Waals surface area contributed by atoms with Crippen LogP contribution in [0.1, 0.15) is 16.5 Å². The Kier molecular flexibility index (Phi) is 3.51. The Bertz CT molecular complexity index is 377. The highest BCUT2D eigenvalue weighted by atomic mass is 32.2. The molecule has 1 N–H and O–H groups in total. The number of aliphatic hydroxyl groups excluding tert-OH is 1. The van der Waals surface area contributed by atoms with Crippen LogP contribution in [-0.4, -0.2) is 34.8 Å². The number of rotatable bonds is 3. The standard InChI is InChI=1S/C12H15NO2S/c1-9-2-4-10(5-3-9)12-13(6-7-14)11(15)8-16-12/h2-5,12,14H,6-8H2,1H3/t12-/m1/s1. The lowest BCUT2D eigenvalue weighted by molar-refractivity contribution is -0.128. The molecule has 1 saturated heterocycles. The first-order valence-electron chi connectivity index (χ1n) is 5.31. The minimum atomic E-state index is 0.0225. The zero-order valence-electron chi connectivity index (χ0n) is 9.22. The van der Waals surface area contributed by atoms with Crippen LogP contribution in [0.15, 0.2) is 24.3 Å². The first-order chi connectivity index (χ1) is 7.72. The van der Waals surface area contributed by atoms with Gasteiger partial charge in [-0.2, -0.15) is 0 Å². The first kappa shape index (κ1) is 11.5. The largest absolute Gasteiger partial charge is 0.395 e. The van der Waals surface area contributed by atoms with Crippen molar-refractivity contribution in [2.45, 2.75) is 12.3 Å². The van der Waals surface area contributed by atoms with E-state index in [1.807, 2.05) is 6.92 Å². The van der Waals surface area contributed by atoms with E-state index in [9.17, 15) is 4.79 Å². The number of hydrogen-bond donors (Lipinski definition) is 1. The number of hydrogen-bond acceptors (Lipinski definition) is 3. The summed E-state index contributed by atoms with van der Waals surface area (Å²) in [5.41, 5.74) is 2.35. The van der Waals surface area contributed by atoms with Crippen molar-refractivity contribution in [2.75, 3.05) is 18.9 Å². The monoisotopic (exact) mass is 237 g/mol. The molecular formula is C12H15NO2S. The summed E-state index contributed by atoms with van der Waals surface area (Å²) in [6, 6.07) is 8.21. The SMILES string of the molecule is Cc1ccc([C@H]2SCC(=O)N2CCO)cc1. The third kappa shape index (κ3) is 2.23. The van der Waals surface area contributed by atoms with Crippen LogP contribution in [0.5, 0.6) is 0 Å². The Balaban J connectivity index is 2.19. The van der Waals surface area contributed by atoms with E-state index in [4.69, 9.17) is 5.11 Å². The van der Waals surface area contributed by atoms with Crippen LogP contribution in [0, 0.1) is 6.92 Å². The van der Waals surface area contributed by atoms with Gasteiger partial charge < -0.3 is 10.0 Å². The van der Waals surface area contributed by atoms with Crippen molar-refractivity contribution in [3.63, 3.8) is 0 Å². The van der Waals surface area contributed by atoms with Crippen molar-refractivity contribution in [1.82, 2.24) is 4.90 Å². The highest BCUT2D eigenvalue weighted by Gasteiger charge is 2.31. The van der Waals surface area contributed by atoms with Crippen molar-refractivity contribution in [3.05, 3.63) is 35.4 Å². The lowest BCUT2D eigenvalue weighted by atomic mass is 10.1. The van der Waals surface area contributed by atoms with Gasteiger partial charge in [0.15, 0.2) is 0 Å². The van der Waals surface area contributed by atoms with Crippen LogP contribution in [0.4, 0.5) is 0 Å².